The highest BCUT2D eigenvalue weighted by Crippen LogP contribution is 2.22. The van der Waals surface area contributed by atoms with Gasteiger partial charge in [0, 0.05) is 18.5 Å². The Labute approximate surface area is 123 Å². The Morgan fingerprint density at radius 3 is 2.65 bits per heavy atom. The molecular formula is C14H19ClN2O3. The molecule has 0 aliphatic heterocycles. The number of nitrogens with zero attached hydrogens (tertiary/aromatic N) is 1. The maximum atomic E-state index is 12.1. The molecule has 20 heavy (non-hydrogen) atoms. The van der Waals surface area contributed by atoms with Crippen LogP contribution in [0.4, 0.5) is 0 Å². The molecule has 6 heteroatoms. The summed E-state index contributed by atoms with van der Waals surface area (Å²) >= 11 is 5.93. The zero-order valence-electron chi connectivity index (χ0n) is 11.5. The van der Waals surface area contributed by atoms with Crippen LogP contribution in [-0.4, -0.2) is 35.0 Å². The van der Waals surface area contributed by atoms with Crippen LogP contribution >= 0.6 is 11.6 Å². The quantitative estimate of drug-likeness (QED) is 0.842. The van der Waals surface area contributed by atoms with E-state index in [1.165, 1.54) is 4.90 Å². The van der Waals surface area contributed by atoms with Crippen molar-refractivity contribution in [1.82, 2.24) is 4.90 Å². The Morgan fingerprint density at radius 1 is 1.45 bits per heavy atom. The Kier molecular flexibility index (Phi) is 5.98. The molecule has 0 radical (unpaired) electrons. The van der Waals surface area contributed by atoms with E-state index in [4.69, 9.17) is 22.4 Å². The first-order valence-corrected chi connectivity index (χ1v) is 6.70. The summed E-state index contributed by atoms with van der Waals surface area (Å²) in [5.74, 6) is -1.24. The summed E-state index contributed by atoms with van der Waals surface area (Å²) in [6.07, 6.45) is 0.00701. The Hall–Kier alpha value is -1.59. The van der Waals surface area contributed by atoms with Gasteiger partial charge in [-0.3, -0.25) is 9.59 Å². The molecule has 0 aromatic heterocycles. The number of hydrogen-bond donors (Lipinski definition) is 2. The highest BCUT2D eigenvalue weighted by atomic mass is 35.5. The molecule has 0 aliphatic carbocycles. The molecule has 1 rings (SSSR count). The molecule has 0 saturated carbocycles. The minimum Gasteiger partial charge on any atom is -0.481 e. The second-order valence-electron chi connectivity index (χ2n) is 4.72. The van der Waals surface area contributed by atoms with Crippen molar-refractivity contribution in [3.8, 4) is 0 Å². The van der Waals surface area contributed by atoms with Crippen LogP contribution in [0.15, 0.2) is 24.3 Å². The monoisotopic (exact) mass is 298 g/mol. The molecule has 0 heterocycles. The van der Waals surface area contributed by atoms with Crippen LogP contribution < -0.4 is 5.73 Å². The van der Waals surface area contributed by atoms with E-state index in [0.717, 1.165) is 5.56 Å². The first kappa shape index (κ1) is 16.5. The van der Waals surface area contributed by atoms with E-state index in [0.29, 0.717) is 5.02 Å². The van der Waals surface area contributed by atoms with Crippen LogP contribution in [-0.2, 0) is 9.59 Å². The largest absolute Gasteiger partial charge is 0.481 e. The number of carboxylic acids is 1. The first-order chi connectivity index (χ1) is 9.32. The number of hydrogen-bond acceptors (Lipinski definition) is 3. The van der Waals surface area contributed by atoms with Gasteiger partial charge in [-0.2, -0.15) is 0 Å². The van der Waals surface area contributed by atoms with Crippen molar-refractivity contribution in [1.29, 1.82) is 0 Å². The molecule has 110 valence electrons. The third-order valence-electron chi connectivity index (χ3n) is 3.25. The van der Waals surface area contributed by atoms with Crippen molar-refractivity contribution >= 4 is 23.5 Å². The van der Waals surface area contributed by atoms with Crippen LogP contribution in [0.5, 0.6) is 0 Å². The maximum Gasteiger partial charge on any atom is 0.303 e. The first-order valence-electron chi connectivity index (χ1n) is 6.32. The van der Waals surface area contributed by atoms with E-state index < -0.39 is 12.0 Å². The van der Waals surface area contributed by atoms with Crippen LogP contribution in [0.2, 0.25) is 5.02 Å². The highest BCUT2D eigenvalue weighted by molar-refractivity contribution is 6.30. The van der Waals surface area contributed by atoms with Gasteiger partial charge in [-0.05, 0) is 31.0 Å². The number of carbonyl (C=O) groups is 2. The van der Waals surface area contributed by atoms with E-state index in [2.05, 4.69) is 0 Å². The molecule has 0 fully saturated rings. The highest BCUT2D eigenvalue weighted by Gasteiger charge is 2.23. The lowest BCUT2D eigenvalue weighted by atomic mass is 10.1. The predicted molar refractivity (Wildman–Crippen MR) is 77.5 cm³/mol. The molecule has 2 unspecified atom stereocenters. The molecular weight excluding hydrogens is 280 g/mol. The number of rotatable bonds is 6. The van der Waals surface area contributed by atoms with E-state index in [1.807, 2.05) is 19.1 Å². The van der Waals surface area contributed by atoms with E-state index in [-0.39, 0.29) is 24.8 Å². The van der Waals surface area contributed by atoms with Crippen LogP contribution in [0.1, 0.15) is 31.4 Å². The fraction of sp³-hybridized carbons (Fsp3) is 0.429. The van der Waals surface area contributed by atoms with Crippen molar-refractivity contribution < 1.29 is 14.7 Å². The van der Waals surface area contributed by atoms with Gasteiger partial charge in [-0.15, -0.1) is 0 Å². The van der Waals surface area contributed by atoms with Crippen molar-refractivity contribution in [2.45, 2.75) is 31.8 Å². The summed E-state index contributed by atoms with van der Waals surface area (Å²) in [5.41, 5.74) is 6.63. The lowest BCUT2D eigenvalue weighted by molar-refractivity contribution is -0.137. The molecule has 1 amide bonds. The average Bonchev–Trinajstić information content (AvgIpc) is 2.42. The third kappa shape index (κ3) is 4.51. The average molecular weight is 299 g/mol. The second kappa shape index (κ2) is 7.26. The van der Waals surface area contributed by atoms with Crippen LogP contribution in [0, 0.1) is 0 Å². The molecule has 5 nitrogen and oxygen atoms in total. The smallest absolute Gasteiger partial charge is 0.303 e. The second-order valence-corrected chi connectivity index (χ2v) is 5.16. The standard InChI is InChI=1S/C14H19ClN2O3/c1-9(10-4-3-5-11(15)8-10)17(2)14(20)12(16)6-7-13(18)19/h3-5,8-9,12H,6-7,16H2,1-2H3,(H,18,19). The van der Waals surface area contributed by atoms with Gasteiger partial charge < -0.3 is 15.7 Å². The number of benzene rings is 1. The zero-order valence-corrected chi connectivity index (χ0v) is 12.3. The minimum atomic E-state index is -0.959. The molecule has 0 aliphatic rings. The molecule has 1 aromatic rings. The number of carbonyl (C=O) groups excluding carboxylic acids is 1. The van der Waals surface area contributed by atoms with Crippen molar-refractivity contribution in [3.05, 3.63) is 34.9 Å². The van der Waals surface area contributed by atoms with Gasteiger partial charge in [0.2, 0.25) is 5.91 Å². The van der Waals surface area contributed by atoms with Crippen LogP contribution in [0.3, 0.4) is 0 Å². The maximum absolute atomic E-state index is 12.1. The number of aliphatic carboxylic acids is 1. The van der Waals surface area contributed by atoms with Crippen molar-refractivity contribution in [3.63, 3.8) is 0 Å². The van der Waals surface area contributed by atoms with Crippen molar-refractivity contribution in [2.75, 3.05) is 7.05 Å². The Balaban J connectivity index is 2.70. The Morgan fingerprint density at radius 2 is 2.10 bits per heavy atom. The van der Waals surface area contributed by atoms with Gasteiger partial charge >= 0.3 is 5.97 Å². The number of halogens is 1. The topological polar surface area (TPSA) is 83.6 Å². The molecule has 1 aromatic carbocycles. The summed E-state index contributed by atoms with van der Waals surface area (Å²) in [7, 11) is 1.65. The van der Waals surface area contributed by atoms with Gasteiger partial charge in [-0.25, -0.2) is 0 Å². The summed E-state index contributed by atoms with van der Waals surface area (Å²) in [6, 6.07) is 6.26. The van der Waals surface area contributed by atoms with Crippen molar-refractivity contribution in [2.24, 2.45) is 5.73 Å². The fourth-order valence-electron chi connectivity index (χ4n) is 1.84. The molecule has 0 spiro atoms. The SMILES string of the molecule is CC(c1cccc(Cl)c1)N(C)C(=O)C(N)CCC(=O)O. The van der Waals surface area contributed by atoms with E-state index >= 15 is 0 Å². The summed E-state index contributed by atoms with van der Waals surface area (Å²) in [6.45, 7) is 1.87. The van der Waals surface area contributed by atoms with Gasteiger partial charge in [0.15, 0.2) is 0 Å². The lowest BCUT2D eigenvalue weighted by Crippen LogP contribution is -2.43. The minimum absolute atomic E-state index is 0.119. The summed E-state index contributed by atoms with van der Waals surface area (Å²) in [5, 5.41) is 9.21. The zero-order chi connectivity index (χ0) is 15.3. The molecule has 0 saturated heterocycles. The lowest BCUT2D eigenvalue weighted by Gasteiger charge is -2.28. The van der Waals surface area contributed by atoms with Gasteiger partial charge in [0.05, 0.1) is 12.1 Å². The predicted octanol–water partition coefficient (Wildman–Crippen LogP) is 2.05. The summed E-state index contributed by atoms with van der Waals surface area (Å²) in [4.78, 5) is 24.1. The molecule has 0 bridgehead atoms. The normalized spacial score (nSPS) is 13.6. The number of likely N-dealkylation sites (N-methyl/N-ethyl adjacent to an activating group) is 1. The fourth-order valence-corrected chi connectivity index (χ4v) is 2.04. The molecule has 3 N–H and O–H groups in total. The number of carboxylic acid groups (broad SMARTS) is 1. The van der Waals surface area contributed by atoms with E-state index in [9.17, 15) is 9.59 Å². The van der Waals surface area contributed by atoms with Crippen LogP contribution in [0.25, 0.3) is 0 Å². The Bertz CT molecular complexity index is 493. The van der Waals surface area contributed by atoms with Gasteiger partial charge in [0.25, 0.3) is 0 Å². The number of amides is 1. The summed E-state index contributed by atoms with van der Waals surface area (Å²) < 4.78 is 0. The third-order valence-corrected chi connectivity index (χ3v) is 3.48. The number of nitrogens with two attached hydrogens (primary N) is 1. The van der Waals surface area contributed by atoms with E-state index in [1.54, 1.807) is 19.2 Å². The van der Waals surface area contributed by atoms with Gasteiger partial charge in [-0.1, -0.05) is 23.7 Å². The molecule has 2 atom stereocenters. The van der Waals surface area contributed by atoms with Gasteiger partial charge in [0.1, 0.15) is 0 Å².